The van der Waals surface area contributed by atoms with Gasteiger partial charge in [-0.2, -0.15) is 0 Å². The average Bonchev–Trinajstić information content (AvgIpc) is 3.51. The molecule has 0 bridgehead atoms. The number of ether oxygens (including phenoxy) is 3. The Morgan fingerprint density at radius 3 is 2.48 bits per heavy atom. The van der Waals surface area contributed by atoms with E-state index in [4.69, 9.17) is 24.2 Å². The van der Waals surface area contributed by atoms with Crippen molar-refractivity contribution < 1.29 is 23.4 Å². The van der Waals surface area contributed by atoms with Crippen LogP contribution in [0.25, 0.3) is 22.6 Å². The highest BCUT2D eigenvalue weighted by Gasteiger charge is 2.35. The molecule has 224 valence electrons. The van der Waals surface area contributed by atoms with Crippen LogP contribution >= 0.6 is 0 Å². The van der Waals surface area contributed by atoms with Gasteiger partial charge in [0.05, 0.1) is 43.1 Å². The summed E-state index contributed by atoms with van der Waals surface area (Å²) in [4.78, 5) is 29.8. The summed E-state index contributed by atoms with van der Waals surface area (Å²) >= 11 is 0. The molecule has 0 saturated carbocycles. The molecule has 0 radical (unpaired) electrons. The molecule has 1 fully saturated rings. The van der Waals surface area contributed by atoms with Crippen LogP contribution in [0.4, 0.5) is 16.0 Å². The van der Waals surface area contributed by atoms with E-state index < -0.39 is 11.7 Å². The van der Waals surface area contributed by atoms with Gasteiger partial charge >= 0.3 is 0 Å². The van der Waals surface area contributed by atoms with Crippen LogP contribution in [0.5, 0.6) is 5.75 Å². The lowest BCUT2D eigenvalue weighted by Crippen LogP contribution is -2.45. The van der Waals surface area contributed by atoms with E-state index in [0.717, 1.165) is 0 Å². The Balaban J connectivity index is 1.23. The highest BCUT2D eigenvalue weighted by atomic mass is 19.1. The van der Waals surface area contributed by atoms with Crippen LogP contribution < -0.4 is 15.4 Å². The zero-order chi connectivity index (χ0) is 30.5. The molecule has 1 aliphatic heterocycles. The molecule has 6 rings (SSSR count). The van der Waals surface area contributed by atoms with Gasteiger partial charge < -0.3 is 29.8 Å². The molecule has 44 heavy (non-hydrogen) atoms. The summed E-state index contributed by atoms with van der Waals surface area (Å²) in [5, 5.41) is 6.17. The first kappa shape index (κ1) is 29.0. The van der Waals surface area contributed by atoms with Gasteiger partial charge in [-0.1, -0.05) is 37.3 Å². The van der Waals surface area contributed by atoms with Crippen molar-refractivity contribution >= 4 is 17.5 Å². The second kappa shape index (κ2) is 12.6. The number of nitrogens with one attached hydrogen (secondary N) is 3. The summed E-state index contributed by atoms with van der Waals surface area (Å²) in [5.41, 5.74) is 3.25. The number of amides is 1. The van der Waals surface area contributed by atoms with Crippen molar-refractivity contribution in [3.8, 4) is 28.4 Å². The number of H-pyrrole nitrogens is 1. The number of nitrogens with zero attached hydrogens (tertiary/aromatic N) is 3. The van der Waals surface area contributed by atoms with E-state index in [1.54, 1.807) is 43.6 Å². The summed E-state index contributed by atoms with van der Waals surface area (Å²) in [6, 6.07) is 24.3. The molecular weight excluding hydrogens is 563 g/mol. The fourth-order valence-electron chi connectivity index (χ4n) is 4.82. The molecule has 11 heteroatoms. The van der Waals surface area contributed by atoms with E-state index in [1.165, 1.54) is 12.1 Å². The van der Waals surface area contributed by atoms with Gasteiger partial charge in [-0.15, -0.1) is 0 Å². The van der Waals surface area contributed by atoms with E-state index in [-0.39, 0.29) is 11.7 Å². The molecule has 3 heterocycles. The Bertz CT molecular complexity index is 1740. The second-order valence-electron chi connectivity index (χ2n) is 10.8. The molecular formula is C33H31FN6O4. The molecule has 0 atom stereocenters. The van der Waals surface area contributed by atoms with E-state index in [1.807, 2.05) is 49.4 Å². The maximum absolute atomic E-state index is 13.8. The second-order valence-corrected chi connectivity index (χ2v) is 10.8. The fourth-order valence-corrected chi connectivity index (χ4v) is 4.82. The minimum Gasteiger partial charge on any atom is -0.495 e. The van der Waals surface area contributed by atoms with Crippen LogP contribution in [-0.4, -0.2) is 52.7 Å². The van der Waals surface area contributed by atoms with Gasteiger partial charge in [0, 0.05) is 29.3 Å². The molecule has 2 aromatic heterocycles. The standard InChI is InChI=1S/C33H31FN6O4/c1-33(18-36-30(41)22-8-4-3-5-9-22)19-43-31(44-20-33)29-39-27(21-12-14-23(34)15-13-21)28(40-29)25-16-17-35-32(38-25)37-24-10-6-7-11-26(24)42-2/h3-17,31H,18-20H2,1-2H3,(H,36,41)(H,39,40)(H,35,37,38). The molecule has 0 spiro atoms. The fraction of sp³-hybridized carbons (Fsp3) is 0.212. The van der Waals surface area contributed by atoms with Gasteiger partial charge in [0.25, 0.3) is 5.91 Å². The topological polar surface area (TPSA) is 123 Å². The monoisotopic (exact) mass is 594 g/mol. The lowest BCUT2D eigenvalue weighted by molar-refractivity contribution is -0.231. The van der Waals surface area contributed by atoms with Crippen molar-refractivity contribution in [3.05, 3.63) is 108 Å². The van der Waals surface area contributed by atoms with E-state index in [9.17, 15) is 9.18 Å². The number of aromatic nitrogens is 4. The van der Waals surface area contributed by atoms with Gasteiger partial charge in [-0.05, 0) is 54.6 Å². The number of hydrogen-bond donors (Lipinski definition) is 3. The zero-order valence-corrected chi connectivity index (χ0v) is 24.2. The number of halogens is 1. The number of imidazole rings is 1. The van der Waals surface area contributed by atoms with Crippen molar-refractivity contribution in [2.24, 2.45) is 5.41 Å². The quantitative estimate of drug-likeness (QED) is 0.193. The van der Waals surface area contributed by atoms with Crippen LogP contribution in [0.15, 0.2) is 91.1 Å². The molecule has 1 amide bonds. The normalized spacial score (nSPS) is 18.0. The van der Waals surface area contributed by atoms with Gasteiger partial charge in [0.15, 0.2) is 5.82 Å². The van der Waals surface area contributed by atoms with Gasteiger partial charge in [-0.3, -0.25) is 4.79 Å². The Morgan fingerprint density at radius 2 is 1.73 bits per heavy atom. The third-order valence-electron chi connectivity index (χ3n) is 7.21. The summed E-state index contributed by atoms with van der Waals surface area (Å²) in [6.45, 7) is 3.02. The molecule has 1 saturated heterocycles. The predicted molar refractivity (Wildman–Crippen MR) is 163 cm³/mol. The number of rotatable bonds is 9. The van der Waals surface area contributed by atoms with E-state index >= 15 is 0 Å². The summed E-state index contributed by atoms with van der Waals surface area (Å²) in [6.07, 6.45) is 0.853. The molecule has 10 nitrogen and oxygen atoms in total. The third-order valence-corrected chi connectivity index (χ3v) is 7.21. The van der Waals surface area contributed by atoms with Crippen LogP contribution in [0.2, 0.25) is 0 Å². The molecule has 3 aromatic carbocycles. The van der Waals surface area contributed by atoms with Crippen molar-refractivity contribution in [2.75, 3.05) is 32.2 Å². The minimum atomic E-state index is -0.783. The minimum absolute atomic E-state index is 0.155. The first-order valence-electron chi connectivity index (χ1n) is 14.1. The molecule has 0 unspecified atom stereocenters. The van der Waals surface area contributed by atoms with E-state index in [0.29, 0.717) is 71.2 Å². The van der Waals surface area contributed by atoms with Crippen molar-refractivity contribution in [1.82, 2.24) is 25.3 Å². The highest BCUT2D eigenvalue weighted by molar-refractivity contribution is 5.94. The summed E-state index contributed by atoms with van der Waals surface area (Å²) in [5.74, 6) is 0.932. The summed E-state index contributed by atoms with van der Waals surface area (Å²) in [7, 11) is 1.59. The van der Waals surface area contributed by atoms with Crippen molar-refractivity contribution in [3.63, 3.8) is 0 Å². The predicted octanol–water partition coefficient (Wildman–Crippen LogP) is 5.91. The van der Waals surface area contributed by atoms with Crippen LogP contribution in [0.1, 0.15) is 29.4 Å². The van der Waals surface area contributed by atoms with Crippen LogP contribution in [-0.2, 0) is 9.47 Å². The lowest BCUT2D eigenvalue weighted by atomic mass is 9.92. The van der Waals surface area contributed by atoms with Gasteiger partial charge in [0.2, 0.25) is 12.2 Å². The number of carbonyl (C=O) groups excluding carboxylic acids is 1. The first-order chi connectivity index (χ1) is 21.4. The Hall–Kier alpha value is -5.13. The number of hydrogen-bond acceptors (Lipinski definition) is 8. The zero-order valence-electron chi connectivity index (χ0n) is 24.2. The van der Waals surface area contributed by atoms with E-state index in [2.05, 4.69) is 20.6 Å². The van der Waals surface area contributed by atoms with Crippen LogP contribution in [0.3, 0.4) is 0 Å². The van der Waals surface area contributed by atoms with Crippen LogP contribution in [0, 0.1) is 11.2 Å². The first-order valence-corrected chi connectivity index (χ1v) is 14.1. The molecule has 1 aliphatic rings. The Labute approximate surface area is 253 Å². The molecule has 5 aromatic rings. The maximum Gasteiger partial charge on any atom is 0.251 e. The smallest absolute Gasteiger partial charge is 0.251 e. The maximum atomic E-state index is 13.8. The lowest BCUT2D eigenvalue weighted by Gasteiger charge is -2.36. The number of aromatic amines is 1. The molecule has 0 aliphatic carbocycles. The number of carbonyl (C=O) groups is 1. The Kier molecular flexibility index (Phi) is 8.31. The Morgan fingerprint density at radius 1 is 1.00 bits per heavy atom. The number of benzene rings is 3. The van der Waals surface area contributed by atoms with Gasteiger partial charge in [-0.25, -0.2) is 19.3 Å². The average molecular weight is 595 g/mol. The van der Waals surface area contributed by atoms with Gasteiger partial charge in [0.1, 0.15) is 11.6 Å². The number of anilines is 2. The highest BCUT2D eigenvalue weighted by Crippen LogP contribution is 2.36. The summed E-state index contributed by atoms with van der Waals surface area (Å²) < 4.78 is 31.5. The number of para-hydroxylation sites is 2. The number of methoxy groups -OCH3 is 1. The SMILES string of the molecule is COc1ccccc1Nc1nccc(-c2[nH]c(C3OCC(C)(CNC(=O)c4ccccc4)CO3)nc2-c2ccc(F)cc2)n1. The molecule has 3 N–H and O–H groups in total. The largest absolute Gasteiger partial charge is 0.495 e. The van der Waals surface area contributed by atoms with Crippen molar-refractivity contribution in [2.45, 2.75) is 13.2 Å². The van der Waals surface area contributed by atoms with Crippen molar-refractivity contribution in [1.29, 1.82) is 0 Å². The third kappa shape index (κ3) is 6.43.